The predicted octanol–water partition coefficient (Wildman–Crippen LogP) is 1.89. The molecule has 0 spiro atoms. The lowest BCUT2D eigenvalue weighted by Crippen LogP contribution is -2.48. The van der Waals surface area contributed by atoms with E-state index < -0.39 is 11.9 Å². The summed E-state index contributed by atoms with van der Waals surface area (Å²) in [4.78, 5) is 35.7. The van der Waals surface area contributed by atoms with Crippen molar-refractivity contribution in [3.63, 3.8) is 0 Å². The summed E-state index contributed by atoms with van der Waals surface area (Å²) < 4.78 is 16.4. The maximum atomic E-state index is 12.4. The molecule has 1 saturated heterocycles. The van der Waals surface area contributed by atoms with Gasteiger partial charge in [-0.05, 0) is 17.5 Å². The summed E-state index contributed by atoms with van der Waals surface area (Å²) in [5.41, 5.74) is 1.04. The Morgan fingerprint density at radius 1 is 0.906 bits per heavy atom. The summed E-state index contributed by atoms with van der Waals surface area (Å²) >= 11 is 1.49. The van der Waals surface area contributed by atoms with Crippen molar-refractivity contribution in [3.8, 4) is 17.2 Å². The number of piperazine rings is 1. The molecular weight excluding hydrogens is 440 g/mol. The van der Waals surface area contributed by atoms with E-state index in [0.717, 1.165) is 43.2 Å². The fourth-order valence-electron chi connectivity index (χ4n) is 3.19. The van der Waals surface area contributed by atoms with Gasteiger partial charge in [0.05, 0.1) is 26.2 Å². The Hall–Kier alpha value is -3.31. The highest BCUT2D eigenvalue weighted by atomic mass is 32.1. The molecule has 2 aromatic rings. The Balaban J connectivity index is 0.000000534. The van der Waals surface area contributed by atoms with Gasteiger partial charge in [-0.3, -0.25) is 9.69 Å². The van der Waals surface area contributed by atoms with Crippen molar-refractivity contribution in [3.05, 3.63) is 40.1 Å². The molecule has 10 nitrogen and oxygen atoms in total. The summed E-state index contributed by atoms with van der Waals surface area (Å²) in [5.74, 6) is -1.56. The largest absolute Gasteiger partial charge is 0.493 e. The first kappa shape index (κ1) is 25.0. The van der Waals surface area contributed by atoms with Crippen LogP contribution in [0.1, 0.15) is 15.2 Å². The van der Waals surface area contributed by atoms with Gasteiger partial charge < -0.3 is 29.3 Å². The van der Waals surface area contributed by atoms with Crippen LogP contribution in [0.5, 0.6) is 17.2 Å². The number of ether oxygens (including phenoxy) is 3. The number of hydrogen-bond acceptors (Lipinski definition) is 8. The first-order valence-corrected chi connectivity index (χ1v) is 10.5. The van der Waals surface area contributed by atoms with Gasteiger partial charge in [0.25, 0.3) is 5.91 Å². The Morgan fingerprint density at radius 3 is 2.00 bits per heavy atom. The lowest BCUT2D eigenvalue weighted by molar-refractivity contribution is -0.159. The highest BCUT2D eigenvalue weighted by Crippen LogP contribution is 2.40. The number of carboxylic acids is 2. The maximum Gasteiger partial charge on any atom is 0.414 e. The normalized spacial score (nSPS) is 13.5. The van der Waals surface area contributed by atoms with E-state index in [1.165, 1.54) is 11.3 Å². The van der Waals surface area contributed by atoms with Crippen LogP contribution in [0.4, 0.5) is 0 Å². The van der Waals surface area contributed by atoms with E-state index in [1.54, 1.807) is 21.3 Å². The third kappa shape index (κ3) is 6.34. The molecule has 0 unspecified atom stereocenters. The quantitative estimate of drug-likeness (QED) is 0.614. The fraction of sp³-hybridized carbons (Fsp3) is 0.381. The van der Waals surface area contributed by atoms with E-state index in [9.17, 15) is 4.79 Å². The number of benzene rings is 1. The molecule has 2 N–H and O–H groups in total. The number of methoxy groups -OCH3 is 3. The number of nitrogens with zero attached hydrogens (tertiary/aromatic N) is 2. The number of rotatable bonds is 6. The summed E-state index contributed by atoms with van der Waals surface area (Å²) in [6.45, 7) is 3.85. The van der Waals surface area contributed by atoms with Gasteiger partial charge in [-0.15, -0.1) is 11.3 Å². The van der Waals surface area contributed by atoms with Crippen molar-refractivity contribution in [2.75, 3.05) is 47.5 Å². The summed E-state index contributed by atoms with van der Waals surface area (Å²) in [6, 6.07) is 7.70. The van der Waals surface area contributed by atoms with Gasteiger partial charge in [0.15, 0.2) is 11.5 Å². The number of hydrogen-bond donors (Lipinski definition) is 2. The molecule has 1 amide bonds. The number of thiophene rings is 1. The highest BCUT2D eigenvalue weighted by molar-refractivity contribution is 7.12. The van der Waals surface area contributed by atoms with Crippen LogP contribution in [0.3, 0.4) is 0 Å². The van der Waals surface area contributed by atoms with E-state index in [4.69, 9.17) is 34.0 Å². The molecule has 32 heavy (non-hydrogen) atoms. The van der Waals surface area contributed by atoms with E-state index in [0.29, 0.717) is 17.2 Å². The molecule has 0 bridgehead atoms. The van der Waals surface area contributed by atoms with Crippen molar-refractivity contribution in [2.24, 2.45) is 0 Å². The number of carbonyl (C=O) groups excluding carboxylic acids is 1. The number of carbonyl (C=O) groups is 3. The zero-order chi connectivity index (χ0) is 23.7. The van der Waals surface area contributed by atoms with Gasteiger partial charge in [0.1, 0.15) is 0 Å². The minimum absolute atomic E-state index is 0.128. The summed E-state index contributed by atoms with van der Waals surface area (Å²) in [6.07, 6.45) is 0. The Labute approximate surface area is 189 Å². The molecule has 1 aliphatic heterocycles. The van der Waals surface area contributed by atoms with Gasteiger partial charge in [-0.1, -0.05) is 12.1 Å². The van der Waals surface area contributed by atoms with Crippen molar-refractivity contribution < 1.29 is 38.8 Å². The maximum absolute atomic E-state index is 12.4. The molecule has 2 heterocycles. The van der Waals surface area contributed by atoms with Gasteiger partial charge >= 0.3 is 11.9 Å². The second-order valence-corrected chi connectivity index (χ2v) is 7.60. The third-order valence-electron chi connectivity index (χ3n) is 4.75. The molecule has 0 saturated carbocycles. The van der Waals surface area contributed by atoms with Crippen LogP contribution >= 0.6 is 11.3 Å². The van der Waals surface area contributed by atoms with Crippen molar-refractivity contribution in [1.82, 2.24) is 9.80 Å². The van der Waals surface area contributed by atoms with Gasteiger partial charge in [0.2, 0.25) is 5.75 Å². The molecule has 3 rings (SSSR count). The van der Waals surface area contributed by atoms with Gasteiger partial charge in [0, 0.05) is 38.3 Å². The zero-order valence-electron chi connectivity index (χ0n) is 18.1. The molecule has 1 fully saturated rings. The Kier molecular flexibility index (Phi) is 9.29. The minimum Gasteiger partial charge on any atom is -0.493 e. The van der Waals surface area contributed by atoms with Crippen LogP contribution in [-0.2, 0) is 16.1 Å². The molecule has 0 atom stereocenters. The van der Waals surface area contributed by atoms with Crippen molar-refractivity contribution in [2.45, 2.75) is 6.54 Å². The number of aliphatic carboxylic acids is 2. The Bertz CT molecular complexity index is 912. The number of amides is 1. The van der Waals surface area contributed by atoms with Crippen LogP contribution in [0.25, 0.3) is 0 Å². The first-order chi connectivity index (χ1) is 15.3. The molecule has 1 aliphatic rings. The average molecular weight is 467 g/mol. The standard InChI is InChI=1S/C19H24N2O4S.C2H2O4/c1-23-15-7-6-14(17(24-2)18(15)25-3)13-20-8-10-21(11-9-20)19(22)16-5-4-12-26-16;3-1(4)2(5)6/h4-7,12H,8-11,13H2,1-3H3;(H,3,4)(H,5,6). The topological polar surface area (TPSA) is 126 Å². The van der Waals surface area contributed by atoms with E-state index in [2.05, 4.69) is 4.90 Å². The zero-order valence-corrected chi connectivity index (χ0v) is 18.9. The minimum atomic E-state index is -1.82. The molecule has 1 aromatic carbocycles. The molecule has 11 heteroatoms. The third-order valence-corrected chi connectivity index (χ3v) is 5.61. The van der Waals surface area contributed by atoms with Crippen molar-refractivity contribution >= 4 is 29.2 Å². The second kappa shape index (κ2) is 11.9. The predicted molar refractivity (Wildman–Crippen MR) is 117 cm³/mol. The molecule has 1 aromatic heterocycles. The molecular formula is C21H26N2O8S. The van der Waals surface area contributed by atoms with Crippen LogP contribution in [-0.4, -0.2) is 85.4 Å². The SMILES string of the molecule is COc1ccc(CN2CCN(C(=O)c3cccs3)CC2)c(OC)c1OC.O=C(O)C(=O)O. The smallest absolute Gasteiger partial charge is 0.414 e. The van der Waals surface area contributed by atoms with E-state index in [1.807, 2.05) is 34.5 Å². The summed E-state index contributed by atoms with van der Waals surface area (Å²) in [7, 11) is 4.86. The van der Waals surface area contributed by atoms with E-state index in [-0.39, 0.29) is 5.91 Å². The lowest BCUT2D eigenvalue weighted by atomic mass is 10.1. The second-order valence-electron chi connectivity index (χ2n) is 6.65. The van der Waals surface area contributed by atoms with Crippen LogP contribution in [0.15, 0.2) is 29.6 Å². The summed E-state index contributed by atoms with van der Waals surface area (Å²) in [5, 5.41) is 16.7. The van der Waals surface area contributed by atoms with Crippen LogP contribution in [0, 0.1) is 0 Å². The highest BCUT2D eigenvalue weighted by Gasteiger charge is 2.24. The monoisotopic (exact) mass is 466 g/mol. The van der Waals surface area contributed by atoms with E-state index >= 15 is 0 Å². The fourth-order valence-corrected chi connectivity index (χ4v) is 3.88. The average Bonchev–Trinajstić information content (AvgIpc) is 3.34. The number of carboxylic acid groups (broad SMARTS) is 2. The lowest BCUT2D eigenvalue weighted by Gasteiger charge is -2.34. The van der Waals surface area contributed by atoms with Crippen LogP contribution in [0.2, 0.25) is 0 Å². The first-order valence-electron chi connectivity index (χ1n) is 9.61. The van der Waals surface area contributed by atoms with Crippen LogP contribution < -0.4 is 14.2 Å². The molecule has 174 valence electrons. The molecule has 0 aliphatic carbocycles. The Morgan fingerprint density at radius 2 is 1.53 bits per heavy atom. The van der Waals surface area contributed by atoms with Crippen molar-refractivity contribution in [1.29, 1.82) is 0 Å². The molecule has 0 radical (unpaired) electrons. The van der Waals surface area contributed by atoms with Gasteiger partial charge in [-0.25, -0.2) is 9.59 Å². The van der Waals surface area contributed by atoms with Gasteiger partial charge in [-0.2, -0.15) is 0 Å².